The summed E-state index contributed by atoms with van der Waals surface area (Å²) in [7, 11) is 0. The molecule has 1 aromatic heterocycles. The lowest BCUT2D eigenvalue weighted by Gasteiger charge is -2.03. The zero-order chi connectivity index (χ0) is 18.5. The zero-order valence-corrected chi connectivity index (χ0v) is 14.2. The number of nitrogens with one attached hydrogen (secondary N) is 1. The SMILES string of the molecule is N#C/C(=C\c1ccc(-c2cccc(Cl)c2)o1)C(=O)Nc1ccc(O)cc1. The highest BCUT2D eigenvalue weighted by molar-refractivity contribution is 6.30. The van der Waals surface area contributed by atoms with Crippen LogP contribution in [-0.4, -0.2) is 11.0 Å². The minimum atomic E-state index is -0.570. The predicted molar refractivity (Wildman–Crippen MR) is 99.5 cm³/mol. The first-order valence-corrected chi connectivity index (χ1v) is 8.01. The van der Waals surface area contributed by atoms with Gasteiger partial charge >= 0.3 is 0 Å². The van der Waals surface area contributed by atoms with Crippen molar-refractivity contribution >= 4 is 29.3 Å². The summed E-state index contributed by atoms with van der Waals surface area (Å²) in [5.41, 5.74) is 1.15. The quantitative estimate of drug-likeness (QED) is 0.393. The predicted octanol–water partition coefficient (Wildman–Crippen LogP) is 4.85. The molecule has 6 heteroatoms. The fourth-order valence-corrected chi connectivity index (χ4v) is 2.45. The largest absolute Gasteiger partial charge is 0.508 e. The van der Waals surface area contributed by atoms with Crippen molar-refractivity contribution in [3.05, 3.63) is 77.0 Å². The molecule has 0 saturated heterocycles. The Morgan fingerprint density at radius 3 is 2.62 bits per heavy atom. The molecule has 0 saturated carbocycles. The topological polar surface area (TPSA) is 86.3 Å². The van der Waals surface area contributed by atoms with Gasteiger partial charge in [0.15, 0.2) is 0 Å². The third-order valence-corrected chi connectivity index (χ3v) is 3.75. The van der Waals surface area contributed by atoms with Crippen LogP contribution in [0.25, 0.3) is 17.4 Å². The maximum Gasteiger partial charge on any atom is 0.266 e. The Morgan fingerprint density at radius 1 is 1.15 bits per heavy atom. The Morgan fingerprint density at radius 2 is 1.92 bits per heavy atom. The number of anilines is 1. The number of hydrogen-bond donors (Lipinski definition) is 2. The number of halogens is 1. The molecule has 0 atom stereocenters. The highest BCUT2D eigenvalue weighted by Gasteiger charge is 2.11. The number of benzene rings is 2. The molecule has 128 valence electrons. The van der Waals surface area contributed by atoms with Gasteiger partial charge in [-0.15, -0.1) is 0 Å². The third kappa shape index (κ3) is 4.12. The van der Waals surface area contributed by atoms with Crippen molar-refractivity contribution in [1.82, 2.24) is 0 Å². The number of carbonyl (C=O) groups is 1. The molecular weight excluding hydrogens is 352 g/mol. The van der Waals surface area contributed by atoms with Crippen LogP contribution in [0.1, 0.15) is 5.76 Å². The van der Waals surface area contributed by atoms with Gasteiger partial charge in [0.25, 0.3) is 5.91 Å². The number of amides is 1. The van der Waals surface area contributed by atoms with E-state index in [1.807, 2.05) is 18.2 Å². The Labute approximate surface area is 154 Å². The average Bonchev–Trinajstić information content (AvgIpc) is 3.10. The van der Waals surface area contributed by atoms with Crippen LogP contribution in [-0.2, 0) is 4.79 Å². The molecule has 3 aromatic rings. The van der Waals surface area contributed by atoms with Crippen LogP contribution in [0.4, 0.5) is 5.69 Å². The molecule has 3 rings (SSSR count). The van der Waals surface area contributed by atoms with Crippen LogP contribution in [0.5, 0.6) is 5.75 Å². The fourth-order valence-electron chi connectivity index (χ4n) is 2.26. The highest BCUT2D eigenvalue weighted by atomic mass is 35.5. The Kier molecular flexibility index (Phi) is 5.07. The number of aromatic hydroxyl groups is 1. The number of nitrogens with zero attached hydrogens (tertiary/aromatic N) is 1. The second-order valence-corrected chi connectivity index (χ2v) is 5.82. The van der Waals surface area contributed by atoms with Gasteiger partial charge in [-0.1, -0.05) is 23.7 Å². The summed E-state index contributed by atoms with van der Waals surface area (Å²) in [5.74, 6) is 0.467. The summed E-state index contributed by atoms with van der Waals surface area (Å²) >= 11 is 5.97. The maximum atomic E-state index is 12.2. The van der Waals surface area contributed by atoms with Crippen molar-refractivity contribution in [3.63, 3.8) is 0 Å². The van der Waals surface area contributed by atoms with Crippen LogP contribution >= 0.6 is 11.6 Å². The number of carbonyl (C=O) groups excluding carboxylic acids is 1. The first-order chi connectivity index (χ1) is 12.5. The summed E-state index contributed by atoms with van der Waals surface area (Å²) in [5, 5.41) is 21.7. The second-order valence-electron chi connectivity index (χ2n) is 5.38. The monoisotopic (exact) mass is 364 g/mol. The first-order valence-electron chi connectivity index (χ1n) is 7.63. The van der Waals surface area contributed by atoms with Gasteiger partial charge in [-0.3, -0.25) is 4.79 Å². The van der Waals surface area contributed by atoms with Crippen molar-refractivity contribution in [2.45, 2.75) is 0 Å². The van der Waals surface area contributed by atoms with Crippen molar-refractivity contribution in [2.75, 3.05) is 5.32 Å². The third-order valence-electron chi connectivity index (χ3n) is 3.51. The lowest BCUT2D eigenvalue weighted by Crippen LogP contribution is -2.13. The van der Waals surface area contributed by atoms with Gasteiger partial charge in [0, 0.05) is 22.3 Å². The van der Waals surface area contributed by atoms with Gasteiger partial charge in [-0.2, -0.15) is 5.26 Å². The van der Waals surface area contributed by atoms with Gasteiger partial charge < -0.3 is 14.8 Å². The number of furan rings is 1. The van der Waals surface area contributed by atoms with E-state index < -0.39 is 5.91 Å². The molecule has 2 aromatic carbocycles. The molecule has 0 bridgehead atoms. The molecule has 0 aliphatic heterocycles. The molecule has 5 nitrogen and oxygen atoms in total. The normalized spacial score (nSPS) is 11.0. The van der Waals surface area contributed by atoms with E-state index in [-0.39, 0.29) is 11.3 Å². The van der Waals surface area contributed by atoms with Gasteiger partial charge in [0.05, 0.1) is 0 Å². The summed E-state index contributed by atoms with van der Waals surface area (Å²) < 4.78 is 5.67. The zero-order valence-electron chi connectivity index (χ0n) is 13.4. The summed E-state index contributed by atoms with van der Waals surface area (Å²) in [6.07, 6.45) is 1.36. The van der Waals surface area contributed by atoms with E-state index in [2.05, 4.69) is 5.32 Å². The second kappa shape index (κ2) is 7.60. The lowest BCUT2D eigenvalue weighted by molar-refractivity contribution is -0.112. The molecule has 0 spiro atoms. The van der Waals surface area contributed by atoms with Crippen LogP contribution in [0.2, 0.25) is 5.02 Å². The van der Waals surface area contributed by atoms with Crippen LogP contribution in [0, 0.1) is 11.3 Å². The van der Waals surface area contributed by atoms with Crippen molar-refractivity contribution in [3.8, 4) is 23.1 Å². The number of phenols is 1. The molecule has 1 heterocycles. The molecular formula is C20H13ClN2O3. The number of nitriles is 1. The number of phenolic OH excluding ortho intramolecular Hbond substituents is 1. The molecule has 0 unspecified atom stereocenters. The van der Waals surface area contributed by atoms with Crippen molar-refractivity contribution in [1.29, 1.82) is 5.26 Å². The molecule has 0 fully saturated rings. The highest BCUT2D eigenvalue weighted by Crippen LogP contribution is 2.26. The number of rotatable bonds is 4. The van der Waals surface area contributed by atoms with E-state index in [9.17, 15) is 15.2 Å². The summed E-state index contributed by atoms with van der Waals surface area (Å²) in [6.45, 7) is 0. The van der Waals surface area contributed by atoms with E-state index in [0.29, 0.717) is 22.2 Å². The van der Waals surface area contributed by atoms with Crippen LogP contribution in [0.15, 0.2) is 70.7 Å². The molecule has 1 amide bonds. The fraction of sp³-hybridized carbons (Fsp3) is 0. The molecule has 2 N–H and O–H groups in total. The smallest absolute Gasteiger partial charge is 0.266 e. The number of hydrogen-bond acceptors (Lipinski definition) is 4. The summed E-state index contributed by atoms with van der Waals surface area (Å²) in [4.78, 5) is 12.2. The van der Waals surface area contributed by atoms with Crippen LogP contribution in [0.3, 0.4) is 0 Å². The minimum absolute atomic E-state index is 0.0863. The maximum absolute atomic E-state index is 12.2. The summed E-state index contributed by atoms with van der Waals surface area (Å²) in [6, 6.07) is 18.4. The van der Waals surface area contributed by atoms with Gasteiger partial charge in [0.2, 0.25) is 0 Å². The molecule has 0 radical (unpaired) electrons. The van der Waals surface area contributed by atoms with E-state index in [1.165, 1.54) is 30.3 Å². The first kappa shape index (κ1) is 17.3. The van der Waals surface area contributed by atoms with Gasteiger partial charge in [-0.05, 0) is 48.5 Å². The standard InChI is InChI=1S/C20H13ClN2O3/c21-15-3-1-2-13(10-15)19-9-8-18(26-19)11-14(12-22)20(25)23-16-4-6-17(24)7-5-16/h1-11,24H,(H,23,25)/b14-11+. The molecule has 0 aliphatic rings. The van der Waals surface area contributed by atoms with E-state index in [0.717, 1.165) is 5.56 Å². The Hall–Kier alpha value is -3.49. The average molecular weight is 365 g/mol. The molecule has 0 aliphatic carbocycles. The van der Waals surface area contributed by atoms with E-state index >= 15 is 0 Å². The van der Waals surface area contributed by atoms with Gasteiger partial charge in [0.1, 0.15) is 28.9 Å². The van der Waals surface area contributed by atoms with Crippen LogP contribution < -0.4 is 5.32 Å². The van der Waals surface area contributed by atoms with E-state index in [1.54, 1.807) is 24.3 Å². The van der Waals surface area contributed by atoms with Crippen molar-refractivity contribution in [2.24, 2.45) is 0 Å². The Bertz CT molecular complexity index is 1010. The Balaban J connectivity index is 1.80. The van der Waals surface area contributed by atoms with E-state index in [4.69, 9.17) is 16.0 Å². The van der Waals surface area contributed by atoms with Crippen molar-refractivity contribution < 1.29 is 14.3 Å². The lowest BCUT2D eigenvalue weighted by atomic mass is 10.2. The molecule has 26 heavy (non-hydrogen) atoms. The van der Waals surface area contributed by atoms with Gasteiger partial charge in [-0.25, -0.2) is 0 Å². The minimum Gasteiger partial charge on any atom is -0.508 e.